The fourth-order valence-electron chi connectivity index (χ4n) is 5.57. The number of para-hydroxylation sites is 1. The van der Waals surface area contributed by atoms with Gasteiger partial charge < -0.3 is 25.4 Å². The molecule has 244 valence electrons. The molecule has 0 aliphatic carbocycles. The number of piperidine rings is 1. The predicted octanol–water partition coefficient (Wildman–Crippen LogP) is 2.48. The second kappa shape index (κ2) is 14.9. The van der Waals surface area contributed by atoms with Crippen molar-refractivity contribution in [3.8, 4) is 0 Å². The topological polar surface area (TPSA) is 168 Å². The van der Waals surface area contributed by atoms with E-state index in [-0.39, 0.29) is 36.5 Å². The molecule has 0 aromatic heterocycles. The largest absolute Gasteiger partial charge is 0.468 e. The first-order chi connectivity index (χ1) is 21.4. The Morgan fingerprint density at radius 2 is 1.87 bits per heavy atom. The molecule has 0 saturated carbocycles. The van der Waals surface area contributed by atoms with Crippen molar-refractivity contribution in [3.63, 3.8) is 0 Å². The van der Waals surface area contributed by atoms with E-state index in [2.05, 4.69) is 25.7 Å². The quantitative estimate of drug-likeness (QED) is 0.211. The fourth-order valence-corrected chi connectivity index (χ4v) is 6.16. The van der Waals surface area contributed by atoms with Crippen LogP contribution in [0.3, 0.4) is 0 Å². The van der Waals surface area contributed by atoms with E-state index < -0.39 is 51.6 Å². The number of sulfonamides is 1. The summed E-state index contributed by atoms with van der Waals surface area (Å²) in [5.74, 6) is -4.54. The molecule has 4 amide bonds. The van der Waals surface area contributed by atoms with Gasteiger partial charge >= 0.3 is 18.0 Å². The number of carbonyl (C=O) groups is 3. The van der Waals surface area contributed by atoms with Gasteiger partial charge in [0.15, 0.2) is 11.6 Å². The van der Waals surface area contributed by atoms with Crippen LogP contribution in [-0.2, 0) is 24.3 Å². The Morgan fingerprint density at radius 1 is 1.11 bits per heavy atom. The lowest BCUT2D eigenvalue weighted by Gasteiger charge is -2.37. The standard InChI is InChI=1S/C29H36F2N6O7S/c1-43-16-24-25(27(38)44-2)26(17-8-9-20(30)21(31)14-17)37(29(40)35-24)28(39)34-13-12-32-18-10-11-33-23(15-18)19-6-4-5-7-22(19)36-45(3,41)42/h4-9,14,18,23,25-26,32-33,36H,10-13,15-16H2,1-3H3,(H,34,39)/t18?,23?,25?,26-/m0/s1. The summed E-state index contributed by atoms with van der Waals surface area (Å²) in [6.07, 6.45) is 2.50. The van der Waals surface area contributed by atoms with Crippen LogP contribution in [0.15, 0.2) is 47.5 Å². The Morgan fingerprint density at radius 3 is 2.56 bits per heavy atom. The van der Waals surface area contributed by atoms with E-state index in [1.165, 1.54) is 13.2 Å². The number of methoxy groups -OCH3 is 2. The van der Waals surface area contributed by atoms with Gasteiger partial charge in [-0.2, -0.15) is 4.99 Å². The third-order valence-electron chi connectivity index (χ3n) is 7.52. The molecular weight excluding hydrogens is 614 g/mol. The maximum atomic E-state index is 14.3. The Kier molecular flexibility index (Phi) is 11.2. The molecule has 0 radical (unpaired) electrons. The summed E-state index contributed by atoms with van der Waals surface area (Å²) < 4.78 is 64.3. The molecule has 2 aliphatic heterocycles. The van der Waals surface area contributed by atoms with Gasteiger partial charge in [0.2, 0.25) is 10.0 Å². The number of amides is 4. The van der Waals surface area contributed by atoms with Crippen LogP contribution in [0, 0.1) is 17.6 Å². The van der Waals surface area contributed by atoms with Crippen LogP contribution in [0.2, 0.25) is 0 Å². The highest BCUT2D eigenvalue weighted by Gasteiger charge is 2.47. The maximum absolute atomic E-state index is 14.3. The number of nitrogens with zero attached hydrogens (tertiary/aromatic N) is 2. The SMILES string of the molecule is COCC1=NC(=O)N(C(=O)NCCNC2CCNC(c3ccccc3NS(C)(=O)=O)C2)[C@@H](c2ccc(F)c(F)c2)C1C(=O)OC. The summed E-state index contributed by atoms with van der Waals surface area (Å²) in [7, 11) is -1.02. The number of hydrogen-bond donors (Lipinski definition) is 4. The van der Waals surface area contributed by atoms with Crippen LogP contribution >= 0.6 is 0 Å². The van der Waals surface area contributed by atoms with Crippen molar-refractivity contribution in [1.82, 2.24) is 20.9 Å². The molecule has 4 N–H and O–H groups in total. The summed E-state index contributed by atoms with van der Waals surface area (Å²) in [6.45, 7) is 0.808. The van der Waals surface area contributed by atoms with Crippen molar-refractivity contribution in [2.75, 3.05) is 51.4 Å². The number of carbonyl (C=O) groups excluding carboxylic acids is 3. The lowest BCUT2D eigenvalue weighted by molar-refractivity contribution is -0.144. The van der Waals surface area contributed by atoms with Crippen LogP contribution in [0.1, 0.15) is 36.1 Å². The van der Waals surface area contributed by atoms with Gasteiger partial charge in [0.05, 0.1) is 37.4 Å². The van der Waals surface area contributed by atoms with Crippen LogP contribution in [0.25, 0.3) is 0 Å². The first-order valence-corrected chi connectivity index (χ1v) is 16.1. The number of esters is 1. The number of anilines is 1. The lowest BCUT2D eigenvalue weighted by atomic mass is 9.86. The molecule has 0 spiro atoms. The van der Waals surface area contributed by atoms with E-state index in [1.807, 2.05) is 12.1 Å². The van der Waals surface area contributed by atoms with Crippen molar-refractivity contribution in [2.24, 2.45) is 10.9 Å². The highest BCUT2D eigenvalue weighted by Crippen LogP contribution is 2.36. The van der Waals surface area contributed by atoms with Gasteiger partial charge in [-0.3, -0.25) is 9.52 Å². The molecule has 4 rings (SSSR count). The van der Waals surface area contributed by atoms with Gasteiger partial charge in [0, 0.05) is 32.3 Å². The number of halogens is 2. The number of ether oxygens (including phenoxy) is 2. The van der Waals surface area contributed by atoms with Gasteiger partial charge in [-0.05, 0) is 48.7 Å². The first kappa shape index (κ1) is 33.9. The third-order valence-corrected chi connectivity index (χ3v) is 8.11. The minimum absolute atomic E-state index is 0.0131. The summed E-state index contributed by atoms with van der Waals surface area (Å²) in [5.41, 5.74) is 1.27. The number of urea groups is 2. The average molecular weight is 651 g/mol. The number of imide groups is 1. The molecule has 2 heterocycles. The Bertz CT molecular complexity index is 1560. The Labute approximate surface area is 259 Å². The maximum Gasteiger partial charge on any atom is 0.352 e. The number of hydrogen-bond acceptors (Lipinski definition) is 9. The number of benzene rings is 2. The number of rotatable bonds is 11. The molecular formula is C29H36F2N6O7S. The number of nitrogens with one attached hydrogen (secondary N) is 4. The Hall–Kier alpha value is -3.99. The highest BCUT2D eigenvalue weighted by atomic mass is 32.2. The zero-order chi connectivity index (χ0) is 32.7. The summed E-state index contributed by atoms with van der Waals surface area (Å²) in [5, 5.41) is 9.42. The molecule has 2 aromatic rings. The minimum Gasteiger partial charge on any atom is -0.468 e. The van der Waals surface area contributed by atoms with Crippen LogP contribution in [0.5, 0.6) is 0 Å². The summed E-state index contributed by atoms with van der Waals surface area (Å²) in [6, 6.07) is 6.58. The van der Waals surface area contributed by atoms with Crippen LogP contribution in [0.4, 0.5) is 24.1 Å². The van der Waals surface area contributed by atoms with E-state index in [0.29, 0.717) is 30.1 Å². The minimum atomic E-state index is -3.47. The fraction of sp³-hybridized carbons (Fsp3) is 0.448. The van der Waals surface area contributed by atoms with Gasteiger partial charge in [-0.25, -0.2) is 31.7 Å². The van der Waals surface area contributed by atoms with E-state index in [1.54, 1.807) is 12.1 Å². The van der Waals surface area contributed by atoms with E-state index in [9.17, 15) is 31.6 Å². The Balaban J connectivity index is 1.45. The lowest BCUT2D eigenvalue weighted by Crippen LogP contribution is -2.54. The highest BCUT2D eigenvalue weighted by molar-refractivity contribution is 7.92. The van der Waals surface area contributed by atoms with Crippen molar-refractivity contribution in [3.05, 3.63) is 65.2 Å². The summed E-state index contributed by atoms with van der Waals surface area (Å²) in [4.78, 5) is 44.0. The van der Waals surface area contributed by atoms with Crippen LogP contribution < -0.4 is 20.7 Å². The average Bonchev–Trinajstić information content (AvgIpc) is 2.99. The zero-order valence-corrected chi connectivity index (χ0v) is 25.8. The van der Waals surface area contributed by atoms with Crippen LogP contribution in [-0.4, -0.2) is 89.8 Å². The molecule has 16 heteroatoms. The third kappa shape index (κ3) is 8.39. The monoisotopic (exact) mass is 650 g/mol. The van der Waals surface area contributed by atoms with Crippen molar-refractivity contribution in [1.29, 1.82) is 0 Å². The smallest absolute Gasteiger partial charge is 0.352 e. The van der Waals surface area contributed by atoms with E-state index in [0.717, 1.165) is 37.5 Å². The first-order valence-electron chi connectivity index (χ1n) is 14.2. The van der Waals surface area contributed by atoms with Gasteiger partial charge in [-0.15, -0.1) is 0 Å². The van der Waals surface area contributed by atoms with E-state index >= 15 is 0 Å². The molecule has 2 aromatic carbocycles. The number of aliphatic imine (C=N–C) groups is 1. The van der Waals surface area contributed by atoms with Crippen molar-refractivity contribution < 1.29 is 41.1 Å². The molecule has 2 aliphatic rings. The molecule has 4 atom stereocenters. The van der Waals surface area contributed by atoms with Crippen molar-refractivity contribution >= 4 is 39.5 Å². The molecule has 1 saturated heterocycles. The van der Waals surface area contributed by atoms with E-state index in [4.69, 9.17) is 9.47 Å². The second-order valence-corrected chi connectivity index (χ2v) is 12.4. The summed E-state index contributed by atoms with van der Waals surface area (Å²) >= 11 is 0. The van der Waals surface area contributed by atoms with Gasteiger partial charge in [-0.1, -0.05) is 24.3 Å². The molecule has 0 bridgehead atoms. The normalized spacial score (nSPS) is 22.0. The van der Waals surface area contributed by atoms with Crippen molar-refractivity contribution in [2.45, 2.75) is 31.0 Å². The predicted molar refractivity (Wildman–Crippen MR) is 161 cm³/mol. The zero-order valence-electron chi connectivity index (χ0n) is 25.0. The molecule has 3 unspecified atom stereocenters. The molecule has 45 heavy (non-hydrogen) atoms. The van der Waals surface area contributed by atoms with Gasteiger partial charge in [0.25, 0.3) is 0 Å². The molecule has 13 nitrogen and oxygen atoms in total. The van der Waals surface area contributed by atoms with Gasteiger partial charge in [0.1, 0.15) is 5.92 Å². The second-order valence-electron chi connectivity index (χ2n) is 10.7. The molecule has 1 fully saturated rings.